The molecule has 1 atom stereocenters. The number of amides is 1. The van der Waals surface area contributed by atoms with Gasteiger partial charge in [-0.3, -0.25) is 9.59 Å². The Morgan fingerprint density at radius 1 is 1.15 bits per heavy atom. The molecule has 0 heterocycles. The van der Waals surface area contributed by atoms with Gasteiger partial charge in [0.2, 0.25) is 5.91 Å². The lowest BCUT2D eigenvalue weighted by atomic mass is 9.76. The summed E-state index contributed by atoms with van der Waals surface area (Å²) in [4.78, 5) is 24.0. The number of alkyl halides is 3. The number of hydrogen-bond donors (Lipinski definition) is 1. The summed E-state index contributed by atoms with van der Waals surface area (Å²) in [5.74, 6) is -2.35. The van der Waals surface area contributed by atoms with Crippen LogP contribution in [0.5, 0.6) is 0 Å². The highest BCUT2D eigenvalue weighted by atomic mass is 19.4. The van der Waals surface area contributed by atoms with E-state index in [1.54, 1.807) is 13.8 Å². The van der Waals surface area contributed by atoms with E-state index in [2.05, 4.69) is 0 Å². The standard InChI is InChI=1S/C13H22F3NO3/c1-8(2)12(5,11(19)20)6-10(18)17(9(3)4)7-13(14,15)16/h8-9H,6-7H2,1-5H3,(H,19,20). The van der Waals surface area contributed by atoms with E-state index in [-0.39, 0.29) is 5.92 Å². The third kappa shape index (κ3) is 5.02. The van der Waals surface area contributed by atoms with Gasteiger partial charge >= 0.3 is 12.1 Å². The summed E-state index contributed by atoms with van der Waals surface area (Å²) in [6, 6.07) is -0.644. The van der Waals surface area contributed by atoms with Crippen molar-refractivity contribution in [2.45, 2.75) is 53.3 Å². The normalized spacial score (nSPS) is 15.3. The summed E-state index contributed by atoms with van der Waals surface area (Å²) in [6.07, 6.45) is -4.95. The summed E-state index contributed by atoms with van der Waals surface area (Å²) in [6.45, 7) is 6.21. The average Bonchev–Trinajstić information content (AvgIpc) is 2.23. The number of carbonyl (C=O) groups excluding carboxylic acids is 1. The predicted octanol–water partition coefficient (Wildman–Crippen LogP) is 2.92. The first-order valence-electron chi connectivity index (χ1n) is 6.41. The van der Waals surface area contributed by atoms with Crippen LogP contribution >= 0.6 is 0 Å². The number of rotatable bonds is 6. The lowest BCUT2D eigenvalue weighted by Gasteiger charge is -2.33. The second-order valence-corrected chi connectivity index (χ2v) is 5.78. The van der Waals surface area contributed by atoms with Crippen LogP contribution in [-0.2, 0) is 9.59 Å². The van der Waals surface area contributed by atoms with Gasteiger partial charge in [0.15, 0.2) is 0 Å². The number of nitrogens with zero attached hydrogens (tertiary/aromatic N) is 1. The molecule has 0 aromatic heterocycles. The molecule has 0 aliphatic rings. The monoisotopic (exact) mass is 297 g/mol. The Labute approximate surface area is 116 Å². The van der Waals surface area contributed by atoms with Gasteiger partial charge in [0.1, 0.15) is 6.54 Å². The van der Waals surface area contributed by atoms with Gasteiger partial charge in [-0.15, -0.1) is 0 Å². The Kier molecular flexibility index (Phi) is 6.04. The smallest absolute Gasteiger partial charge is 0.406 e. The molecule has 4 nitrogen and oxygen atoms in total. The molecule has 0 aliphatic heterocycles. The van der Waals surface area contributed by atoms with Crippen molar-refractivity contribution < 1.29 is 27.9 Å². The van der Waals surface area contributed by atoms with Crippen LogP contribution in [0, 0.1) is 11.3 Å². The highest BCUT2D eigenvalue weighted by molar-refractivity contribution is 5.85. The van der Waals surface area contributed by atoms with Gasteiger partial charge in [-0.05, 0) is 26.7 Å². The molecule has 1 unspecified atom stereocenters. The van der Waals surface area contributed by atoms with Crippen LogP contribution < -0.4 is 0 Å². The lowest BCUT2D eigenvalue weighted by Crippen LogP contribution is -2.47. The number of carboxylic acid groups (broad SMARTS) is 1. The van der Waals surface area contributed by atoms with E-state index in [0.717, 1.165) is 0 Å². The van der Waals surface area contributed by atoms with E-state index < -0.39 is 42.5 Å². The van der Waals surface area contributed by atoms with Crippen molar-refractivity contribution in [2.75, 3.05) is 6.54 Å². The molecule has 0 bridgehead atoms. The maximum absolute atomic E-state index is 12.5. The van der Waals surface area contributed by atoms with Gasteiger partial charge in [0.25, 0.3) is 0 Å². The van der Waals surface area contributed by atoms with Crippen molar-refractivity contribution >= 4 is 11.9 Å². The Balaban J connectivity index is 5.15. The van der Waals surface area contributed by atoms with Gasteiger partial charge in [-0.1, -0.05) is 13.8 Å². The minimum Gasteiger partial charge on any atom is -0.481 e. The number of hydrogen-bond acceptors (Lipinski definition) is 2. The van der Waals surface area contributed by atoms with E-state index >= 15 is 0 Å². The van der Waals surface area contributed by atoms with Crippen LogP contribution in [0.4, 0.5) is 13.2 Å². The molecule has 0 spiro atoms. The molecule has 0 radical (unpaired) electrons. The molecule has 118 valence electrons. The fraction of sp³-hybridized carbons (Fsp3) is 0.846. The van der Waals surface area contributed by atoms with Gasteiger partial charge in [0, 0.05) is 12.5 Å². The third-order valence-electron chi connectivity index (χ3n) is 3.57. The predicted molar refractivity (Wildman–Crippen MR) is 68.1 cm³/mol. The van der Waals surface area contributed by atoms with Crippen molar-refractivity contribution in [1.29, 1.82) is 0 Å². The Morgan fingerprint density at radius 2 is 1.60 bits per heavy atom. The van der Waals surface area contributed by atoms with Crippen molar-refractivity contribution in [1.82, 2.24) is 4.90 Å². The van der Waals surface area contributed by atoms with Crippen LogP contribution in [0.25, 0.3) is 0 Å². The SMILES string of the molecule is CC(C)N(CC(F)(F)F)C(=O)CC(C)(C(=O)O)C(C)C. The molecule has 20 heavy (non-hydrogen) atoms. The molecule has 0 aliphatic carbocycles. The van der Waals surface area contributed by atoms with Crippen LogP contribution in [0.15, 0.2) is 0 Å². The first-order chi connectivity index (χ1) is 8.81. The van der Waals surface area contributed by atoms with E-state index in [9.17, 15) is 27.9 Å². The first-order valence-corrected chi connectivity index (χ1v) is 6.41. The van der Waals surface area contributed by atoms with E-state index in [4.69, 9.17) is 0 Å². The maximum atomic E-state index is 12.5. The van der Waals surface area contributed by atoms with Crippen LogP contribution in [0.2, 0.25) is 0 Å². The number of aliphatic carboxylic acids is 1. The van der Waals surface area contributed by atoms with Gasteiger partial charge in [-0.2, -0.15) is 13.2 Å². The zero-order valence-corrected chi connectivity index (χ0v) is 12.4. The van der Waals surface area contributed by atoms with Crippen molar-refractivity contribution in [3.05, 3.63) is 0 Å². The van der Waals surface area contributed by atoms with Crippen molar-refractivity contribution in [3.8, 4) is 0 Å². The minimum atomic E-state index is -4.50. The summed E-state index contributed by atoms with van der Waals surface area (Å²) in [5.41, 5.74) is -1.38. The molecule has 1 amide bonds. The summed E-state index contributed by atoms with van der Waals surface area (Å²) >= 11 is 0. The van der Waals surface area contributed by atoms with Crippen molar-refractivity contribution in [2.24, 2.45) is 11.3 Å². The maximum Gasteiger partial charge on any atom is 0.406 e. The topological polar surface area (TPSA) is 57.6 Å². The Hall–Kier alpha value is -1.27. The molecule has 0 rings (SSSR count). The zero-order chi connectivity index (χ0) is 16.3. The van der Waals surface area contributed by atoms with E-state index in [0.29, 0.717) is 4.90 Å². The molecule has 0 aromatic carbocycles. The minimum absolute atomic E-state index is 0.371. The molecular formula is C13H22F3NO3. The molecule has 1 N–H and O–H groups in total. The Bertz CT molecular complexity index is 366. The fourth-order valence-electron chi connectivity index (χ4n) is 1.69. The summed E-state index contributed by atoms with van der Waals surface area (Å²) in [7, 11) is 0. The van der Waals surface area contributed by atoms with Crippen LogP contribution in [-0.4, -0.2) is 40.6 Å². The molecule has 7 heteroatoms. The molecule has 0 saturated carbocycles. The molecule has 0 fully saturated rings. The zero-order valence-electron chi connectivity index (χ0n) is 12.4. The fourth-order valence-corrected chi connectivity index (χ4v) is 1.69. The number of carbonyl (C=O) groups is 2. The van der Waals surface area contributed by atoms with Gasteiger partial charge < -0.3 is 10.0 Å². The van der Waals surface area contributed by atoms with Gasteiger partial charge in [0.05, 0.1) is 5.41 Å². The van der Waals surface area contributed by atoms with Crippen LogP contribution in [0.1, 0.15) is 41.0 Å². The number of carboxylic acids is 1. The highest BCUT2D eigenvalue weighted by Gasteiger charge is 2.42. The first kappa shape index (κ1) is 18.7. The molecule has 0 saturated heterocycles. The van der Waals surface area contributed by atoms with Crippen LogP contribution in [0.3, 0.4) is 0 Å². The highest BCUT2D eigenvalue weighted by Crippen LogP contribution is 2.33. The molecular weight excluding hydrogens is 275 g/mol. The number of halogens is 3. The summed E-state index contributed by atoms with van der Waals surface area (Å²) in [5, 5.41) is 9.21. The largest absolute Gasteiger partial charge is 0.481 e. The van der Waals surface area contributed by atoms with E-state index in [1.165, 1.54) is 20.8 Å². The molecule has 0 aromatic rings. The summed E-state index contributed by atoms with van der Waals surface area (Å²) < 4.78 is 37.4. The van der Waals surface area contributed by atoms with E-state index in [1.807, 2.05) is 0 Å². The second-order valence-electron chi connectivity index (χ2n) is 5.78. The lowest BCUT2D eigenvalue weighted by molar-refractivity contribution is -0.169. The second kappa shape index (κ2) is 6.45. The Morgan fingerprint density at radius 3 is 1.85 bits per heavy atom. The average molecular weight is 297 g/mol. The third-order valence-corrected chi connectivity index (χ3v) is 3.57. The van der Waals surface area contributed by atoms with Crippen molar-refractivity contribution in [3.63, 3.8) is 0 Å². The van der Waals surface area contributed by atoms with Gasteiger partial charge in [-0.25, -0.2) is 0 Å². The quantitative estimate of drug-likeness (QED) is 0.820.